The number of carboxylic acids is 1. The molecule has 0 radical (unpaired) electrons. The van der Waals surface area contributed by atoms with Gasteiger partial charge >= 0.3 is 5.97 Å². The van der Waals surface area contributed by atoms with E-state index in [-0.39, 0.29) is 24.4 Å². The maximum absolute atomic E-state index is 12.2. The van der Waals surface area contributed by atoms with E-state index in [0.29, 0.717) is 26.5 Å². The van der Waals surface area contributed by atoms with E-state index in [4.69, 9.17) is 5.11 Å². The summed E-state index contributed by atoms with van der Waals surface area (Å²) >= 11 is 1.14. The molecule has 0 aliphatic carbocycles. The van der Waals surface area contributed by atoms with Crippen LogP contribution < -0.4 is 10.9 Å². The molecular weight excluding hydrogens is 294 g/mol. The van der Waals surface area contributed by atoms with Crippen molar-refractivity contribution in [1.82, 2.24) is 14.9 Å². The quantitative estimate of drug-likeness (QED) is 0.870. The predicted octanol–water partition coefficient (Wildman–Crippen LogP) is 0.816. The van der Waals surface area contributed by atoms with Gasteiger partial charge < -0.3 is 10.4 Å². The molecule has 112 valence electrons. The third kappa shape index (κ3) is 2.80. The summed E-state index contributed by atoms with van der Waals surface area (Å²) in [6.45, 7) is 3.47. The Morgan fingerprint density at radius 1 is 1.38 bits per heavy atom. The van der Waals surface area contributed by atoms with Crippen LogP contribution in [-0.2, 0) is 11.8 Å². The molecule has 0 unspecified atom stereocenters. The van der Waals surface area contributed by atoms with E-state index >= 15 is 0 Å². The number of fused-ring (bicyclic) bond motifs is 1. The molecule has 8 heteroatoms. The predicted molar refractivity (Wildman–Crippen MR) is 78.9 cm³/mol. The first-order valence-electron chi connectivity index (χ1n) is 6.29. The van der Waals surface area contributed by atoms with Crippen LogP contribution in [0.2, 0.25) is 0 Å². The minimum atomic E-state index is -0.977. The van der Waals surface area contributed by atoms with Crippen LogP contribution in [0, 0.1) is 13.8 Å². The highest BCUT2D eigenvalue weighted by molar-refractivity contribution is 7.20. The van der Waals surface area contributed by atoms with Crippen molar-refractivity contribution in [2.24, 2.45) is 7.05 Å². The normalized spacial score (nSPS) is 10.8. The van der Waals surface area contributed by atoms with Gasteiger partial charge in [0, 0.05) is 13.6 Å². The molecule has 0 fully saturated rings. The molecule has 0 bridgehead atoms. The van der Waals surface area contributed by atoms with E-state index in [1.807, 2.05) is 0 Å². The van der Waals surface area contributed by atoms with Crippen molar-refractivity contribution >= 4 is 33.4 Å². The molecular formula is C13H15N3O4S. The monoisotopic (exact) mass is 309 g/mol. The van der Waals surface area contributed by atoms with E-state index < -0.39 is 5.97 Å². The summed E-state index contributed by atoms with van der Waals surface area (Å²) < 4.78 is 1.44. The lowest BCUT2D eigenvalue weighted by Crippen LogP contribution is -2.26. The summed E-state index contributed by atoms with van der Waals surface area (Å²) in [6.07, 6.45) is -0.144. The molecule has 0 aliphatic rings. The number of nitrogens with zero attached hydrogens (tertiary/aromatic N) is 2. The lowest BCUT2D eigenvalue weighted by molar-refractivity contribution is -0.136. The summed E-state index contributed by atoms with van der Waals surface area (Å²) in [4.78, 5) is 40.0. The van der Waals surface area contributed by atoms with Crippen molar-refractivity contribution in [2.75, 3.05) is 6.54 Å². The molecule has 7 nitrogen and oxygen atoms in total. The van der Waals surface area contributed by atoms with Gasteiger partial charge in [0.2, 0.25) is 0 Å². The maximum Gasteiger partial charge on any atom is 0.305 e. The fraction of sp³-hybridized carbons (Fsp3) is 0.385. The van der Waals surface area contributed by atoms with Crippen molar-refractivity contribution in [1.29, 1.82) is 0 Å². The first-order valence-corrected chi connectivity index (χ1v) is 7.11. The zero-order chi connectivity index (χ0) is 15.7. The summed E-state index contributed by atoms with van der Waals surface area (Å²) in [7, 11) is 1.63. The maximum atomic E-state index is 12.2. The standard InChI is InChI=1S/C13H15N3O4S/c1-6-9-12(15-7(2)16(3)13(9)20)21-10(6)11(19)14-5-4-8(17)18/h4-5H2,1-3H3,(H,14,19)(H,17,18). The minimum absolute atomic E-state index is 0.0479. The first-order chi connectivity index (χ1) is 9.82. The van der Waals surface area contributed by atoms with Gasteiger partial charge in [-0.05, 0) is 19.4 Å². The average Bonchev–Trinajstić information content (AvgIpc) is 2.72. The second-order valence-corrected chi connectivity index (χ2v) is 5.66. The van der Waals surface area contributed by atoms with E-state index in [1.165, 1.54) is 4.57 Å². The van der Waals surface area contributed by atoms with E-state index in [0.717, 1.165) is 11.3 Å². The Labute approximate surface area is 124 Å². The smallest absolute Gasteiger partial charge is 0.305 e. The van der Waals surface area contributed by atoms with Crippen molar-refractivity contribution in [3.05, 3.63) is 26.6 Å². The van der Waals surface area contributed by atoms with E-state index in [2.05, 4.69) is 10.3 Å². The fourth-order valence-corrected chi connectivity index (χ4v) is 3.08. The van der Waals surface area contributed by atoms with Gasteiger partial charge in [0.15, 0.2) is 0 Å². The van der Waals surface area contributed by atoms with Gasteiger partial charge in [-0.15, -0.1) is 11.3 Å². The van der Waals surface area contributed by atoms with Crippen LogP contribution in [0.15, 0.2) is 4.79 Å². The van der Waals surface area contributed by atoms with Crippen LogP contribution in [0.25, 0.3) is 10.2 Å². The summed E-state index contributed by atoms with van der Waals surface area (Å²) in [6, 6.07) is 0. The zero-order valence-corrected chi connectivity index (χ0v) is 12.7. The SMILES string of the molecule is Cc1c(C(=O)NCCC(=O)O)sc2nc(C)n(C)c(=O)c12. The third-order valence-corrected chi connectivity index (χ3v) is 4.41. The highest BCUT2D eigenvalue weighted by Crippen LogP contribution is 2.27. The van der Waals surface area contributed by atoms with Crippen LogP contribution in [0.4, 0.5) is 0 Å². The number of rotatable bonds is 4. The van der Waals surface area contributed by atoms with Gasteiger partial charge in [-0.25, -0.2) is 4.98 Å². The van der Waals surface area contributed by atoms with Crippen LogP contribution in [0.3, 0.4) is 0 Å². The summed E-state index contributed by atoms with van der Waals surface area (Å²) in [5, 5.41) is 11.5. The number of aryl methyl sites for hydroxylation is 2. The Kier molecular flexibility index (Phi) is 4.08. The molecule has 0 aromatic carbocycles. The fourth-order valence-electron chi connectivity index (χ4n) is 1.95. The molecule has 2 aromatic heterocycles. The van der Waals surface area contributed by atoms with Crippen molar-refractivity contribution in [3.8, 4) is 0 Å². The molecule has 0 saturated carbocycles. The van der Waals surface area contributed by atoms with Gasteiger partial charge in [0.05, 0.1) is 16.7 Å². The van der Waals surface area contributed by atoms with Crippen molar-refractivity contribution in [2.45, 2.75) is 20.3 Å². The molecule has 2 heterocycles. The molecule has 0 spiro atoms. The lowest BCUT2D eigenvalue weighted by Gasteiger charge is -2.02. The number of nitrogens with one attached hydrogen (secondary N) is 1. The highest BCUT2D eigenvalue weighted by atomic mass is 32.1. The number of amides is 1. The van der Waals surface area contributed by atoms with Gasteiger partial charge in [0.1, 0.15) is 10.7 Å². The number of aromatic nitrogens is 2. The van der Waals surface area contributed by atoms with Crippen LogP contribution in [-0.4, -0.2) is 33.1 Å². The van der Waals surface area contributed by atoms with Gasteiger partial charge in [-0.2, -0.15) is 0 Å². The molecule has 2 rings (SSSR count). The Bertz CT molecular complexity index is 791. The Balaban J connectivity index is 2.40. The molecule has 0 saturated heterocycles. The lowest BCUT2D eigenvalue weighted by atomic mass is 10.2. The van der Waals surface area contributed by atoms with Gasteiger partial charge in [-0.1, -0.05) is 0 Å². The van der Waals surface area contributed by atoms with Gasteiger partial charge in [0.25, 0.3) is 11.5 Å². The Hall–Kier alpha value is -2.22. The second-order valence-electron chi connectivity index (χ2n) is 4.66. The topological polar surface area (TPSA) is 101 Å². The van der Waals surface area contributed by atoms with E-state index in [9.17, 15) is 14.4 Å². The molecule has 2 N–H and O–H groups in total. The average molecular weight is 309 g/mol. The largest absolute Gasteiger partial charge is 0.481 e. The molecule has 0 atom stereocenters. The summed E-state index contributed by atoms with van der Waals surface area (Å²) in [5.74, 6) is -0.780. The molecule has 2 aromatic rings. The highest BCUT2D eigenvalue weighted by Gasteiger charge is 2.19. The summed E-state index contributed by atoms with van der Waals surface area (Å²) in [5.41, 5.74) is 0.395. The first kappa shape index (κ1) is 15.2. The molecule has 0 aliphatic heterocycles. The Morgan fingerprint density at radius 3 is 2.67 bits per heavy atom. The Morgan fingerprint density at radius 2 is 2.05 bits per heavy atom. The van der Waals surface area contributed by atoms with Crippen LogP contribution in [0.1, 0.15) is 27.5 Å². The number of carbonyl (C=O) groups excluding carboxylic acids is 1. The number of carboxylic acid groups (broad SMARTS) is 1. The zero-order valence-electron chi connectivity index (χ0n) is 11.9. The van der Waals surface area contributed by atoms with Gasteiger partial charge in [-0.3, -0.25) is 19.0 Å². The number of aliphatic carboxylic acids is 1. The number of carbonyl (C=O) groups is 2. The van der Waals surface area contributed by atoms with Crippen LogP contribution >= 0.6 is 11.3 Å². The van der Waals surface area contributed by atoms with Crippen molar-refractivity contribution < 1.29 is 14.7 Å². The minimum Gasteiger partial charge on any atom is -0.481 e. The third-order valence-electron chi connectivity index (χ3n) is 3.23. The van der Waals surface area contributed by atoms with Crippen LogP contribution in [0.5, 0.6) is 0 Å². The molecule has 1 amide bonds. The van der Waals surface area contributed by atoms with Crippen molar-refractivity contribution in [3.63, 3.8) is 0 Å². The van der Waals surface area contributed by atoms with E-state index in [1.54, 1.807) is 20.9 Å². The number of thiophene rings is 1. The number of hydrogen-bond acceptors (Lipinski definition) is 5. The second kappa shape index (κ2) is 5.65. The number of hydrogen-bond donors (Lipinski definition) is 2. The molecule has 21 heavy (non-hydrogen) atoms.